The molecule has 0 unspecified atom stereocenters. The molecule has 0 aromatic heterocycles. The van der Waals surface area contributed by atoms with E-state index in [1.54, 1.807) is 7.11 Å². The Morgan fingerprint density at radius 3 is 2.46 bits per heavy atom. The minimum Gasteiger partial charge on any atom is -0.497 e. The molecule has 148 valence electrons. The number of hydrogen-bond acceptors (Lipinski definition) is 3. The van der Waals surface area contributed by atoms with Crippen molar-refractivity contribution in [3.8, 4) is 5.75 Å². The molecule has 5 nitrogen and oxygen atoms in total. The first-order valence-electron chi connectivity index (χ1n) is 9.44. The highest BCUT2D eigenvalue weighted by Gasteiger charge is 2.40. The molecule has 1 aromatic carbocycles. The van der Waals surface area contributed by atoms with Gasteiger partial charge in [0.25, 0.3) is 0 Å². The van der Waals surface area contributed by atoms with E-state index in [0.29, 0.717) is 12.0 Å². The maximum absolute atomic E-state index is 5.40. The van der Waals surface area contributed by atoms with Crippen LogP contribution in [0.5, 0.6) is 5.75 Å². The molecule has 0 heterocycles. The fourth-order valence-electron chi connectivity index (χ4n) is 2.70. The Labute approximate surface area is 175 Å². The van der Waals surface area contributed by atoms with Gasteiger partial charge in [0, 0.05) is 26.3 Å². The summed E-state index contributed by atoms with van der Waals surface area (Å²) in [5.41, 5.74) is 1.67. The third-order valence-corrected chi connectivity index (χ3v) is 4.88. The second-order valence-electron chi connectivity index (χ2n) is 6.70. The summed E-state index contributed by atoms with van der Waals surface area (Å²) in [7, 11) is 1.68. The normalized spacial score (nSPS) is 15.1. The summed E-state index contributed by atoms with van der Waals surface area (Å²) in [6.07, 6.45) is 4.87. The third-order valence-electron chi connectivity index (χ3n) is 4.88. The van der Waals surface area contributed by atoms with Crippen LogP contribution in [0.3, 0.4) is 0 Å². The smallest absolute Gasteiger partial charge is 0.191 e. The van der Waals surface area contributed by atoms with Gasteiger partial charge in [-0.05, 0) is 55.7 Å². The number of guanidine groups is 1. The fourth-order valence-corrected chi connectivity index (χ4v) is 2.70. The number of hydrogen-bond donors (Lipinski definition) is 2. The topological polar surface area (TPSA) is 54.9 Å². The molecule has 2 rings (SSSR count). The highest BCUT2D eigenvalue weighted by Crippen LogP contribution is 2.47. The first-order valence-corrected chi connectivity index (χ1v) is 9.44. The molecular formula is C20H34IN3O2. The maximum atomic E-state index is 5.40. The maximum Gasteiger partial charge on any atom is 0.191 e. The first kappa shape index (κ1) is 23.0. The summed E-state index contributed by atoms with van der Waals surface area (Å²) in [6.45, 7) is 8.39. The fraction of sp³-hybridized carbons (Fsp3) is 0.650. The lowest BCUT2D eigenvalue weighted by Crippen LogP contribution is -2.41. The quantitative estimate of drug-likeness (QED) is 0.220. The summed E-state index contributed by atoms with van der Waals surface area (Å²) >= 11 is 0. The van der Waals surface area contributed by atoms with Crippen LogP contribution in [0.4, 0.5) is 0 Å². The van der Waals surface area contributed by atoms with Crippen LogP contribution in [-0.4, -0.2) is 39.4 Å². The lowest BCUT2D eigenvalue weighted by atomic mass is 10.0. The molecule has 0 radical (unpaired) electrons. The average Bonchev–Trinajstić information content (AvgIpc) is 3.44. The molecule has 0 aliphatic heterocycles. The predicted octanol–water partition coefficient (Wildman–Crippen LogP) is 3.97. The van der Waals surface area contributed by atoms with Gasteiger partial charge in [0.1, 0.15) is 5.75 Å². The summed E-state index contributed by atoms with van der Waals surface area (Å²) in [5, 5.41) is 6.96. The Balaban J connectivity index is 0.00000338. The van der Waals surface area contributed by atoms with Gasteiger partial charge in [0.05, 0.1) is 13.7 Å². The third kappa shape index (κ3) is 8.12. The Morgan fingerprint density at radius 2 is 1.88 bits per heavy atom. The van der Waals surface area contributed by atoms with Crippen molar-refractivity contribution in [3.63, 3.8) is 0 Å². The zero-order chi connectivity index (χ0) is 18.0. The van der Waals surface area contributed by atoms with Gasteiger partial charge in [-0.25, -0.2) is 4.99 Å². The molecule has 1 aliphatic rings. The number of aliphatic imine (C=N–C) groups is 1. The standard InChI is InChI=1S/C20H33N3O2.HI/c1-4-20(11-12-20)16-23-19(21-13-6-14-25-5-2)22-15-17-7-9-18(24-3)10-8-17;/h7-10H,4-6,11-16H2,1-3H3,(H2,21,22,23);1H. The molecule has 1 aliphatic carbocycles. The number of ether oxygens (including phenoxy) is 2. The van der Waals surface area contributed by atoms with E-state index in [1.807, 2.05) is 19.1 Å². The number of halogens is 1. The molecule has 0 bridgehead atoms. The van der Waals surface area contributed by atoms with E-state index >= 15 is 0 Å². The van der Waals surface area contributed by atoms with Gasteiger partial charge in [0.15, 0.2) is 5.96 Å². The van der Waals surface area contributed by atoms with Crippen LogP contribution >= 0.6 is 24.0 Å². The Hall–Kier alpha value is -1.02. The van der Waals surface area contributed by atoms with Crippen molar-refractivity contribution in [3.05, 3.63) is 29.8 Å². The largest absolute Gasteiger partial charge is 0.497 e. The summed E-state index contributed by atoms with van der Waals surface area (Å²) in [5.74, 6) is 1.77. The minimum absolute atomic E-state index is 0. The Kier molecular flexibility index (Phi) is 11.0. The lowest BCUT2D eigenvalue weighted by Gasteiger charge is -2.17. The van der Waals surface area contributed by atoms with Crippen molar-refractivity contribution >= 4 is 29.9 Å². The van der Waals surface area contributed by atoms with E-state index in [2.05, 4.69) is 29.7 Å². The van der Waals surface area contributed by atoms with Gasteiger partial charge in [-0.1, -0.05) is 19.1 Å². The van der Waals surface area contributed by atoms with Crippen LogP contribution in [0, 0.1) is 5.41 Å². The Morgan fingerprint density at radius 1 is 1.15 bits per heavy atom. The predicted molar refractivity (Wildman–Crippen MR) is 119 cm³/mol. The highest BCUT2D eigenvalue weighted by atomic mass is 127. The van der Waals surface area contributed by atoms with Crippen LogP contribution in [0.2, 0.25) is 0 Å². The zero-order valence-electron chi connectivity index (χ0n) is 16.3. The molecule has 0 spiro atoms. The monoisotopic (exact) mass is 475 g/mol. The second-order valence-corrected chi connectivity index (χ2v) is 6.70. The van der Waals surface area contributed by atoms with Crippen LogP contribution in [0.1, 0.15) is 45.1 Å². The summed E-state index contributed by atoms with van der Waals surface area (Å²) in [6, 6.07) is 8.07. The number of benzene rings is 1. The first-order chi connectivity index (χ1) is 12.2. The van der Waals surface area contributed by atoms with E-state index in [0.717, 1.165) is 44.4 Å². The van der Waals surface area contributed by atoms with Gasteiger partial charge in [-0.2, -0.15) is 0 Å². The molecule has 6 heteroatoms. The van der Waals surface area contributed by atoms with E-state index in [1.165, 1.54) is 24.8 Å². The molecule has 0 amide bonds. The van der Waals surface area contributed by atoms with Crippen molar-refractivity contribution in [1.29, 1.82) is 0 Å². The Bertz CT molecular complexity index is 530. The van der Waals surface area contributed by atoms with Crippen LogP contribution < -0.4 is 15.4 Å². The van der Waals surface area contributed by atoms with Crippen molar-refractivity contribution < 1.29 is 9.47 Å². The summed E-state index contributed by atoms with van der Waals surface area (Å²) < 4.78 is 10.6. The van der Waals surface area contributed by atoms with Crippen molar-refractivity contribution in [1.82, 2.24) is 10.6 Å². The molecule has 1 saturated carbocycles. The van der Waals surface area contributed by atoms with Gasteiger partial charge in [-0.3, -0.25) is 0 Å². The van der Waals surface area contributed by atoms with Gasteiger partial charge >= 0.3 is 0 Å². The number of rotatable bonds is 11. The van der Waals surface area contributed by atoms with Gasteiger partial charge < -0.3 is 20.1 Å². The zero-order valence-corrected chi connectivity index (χ0v) is 18.7. The van der Waals surface area contributed by atoms with E-state index in [-0.39, 0.29) is 24.0 Å². The molecule has 26 heavy (non-hydrogen) atoms. The molecule has 1 fully saturated rings. The number of methoxy groups -OCH3 is 1. The van der Waals surface area contributed by atoms with E-state index < -0.39 is 0 Å². The number of nitrogens with zero attached hydrogens (tertiary/aromatic N) is 1. The van der Waals surface area contributed by atoms with Crippen molar-refractivity contribution in [2.45, 2.75) is 46.1 Å². The average molecular weight is 475 g/mol. The van der Waals surface area contributed by atoms with E-state index in [9.17, 15) is 0 Å². The molecular weight excluding hydrogens is 441 g/mol. The molecule has 0 atom stereocenters. The summed E-state index contributed by atoms with van der Waals surface area (Å²) in [4.78, 5) is 4.75. The second kappa shape index (κ2) is 12.4. The lowest BCUT2D eigenvalue weighted by molar-refractivity contribution is 0.145. The van der Waals surface area contributed by atoms with Gasteiger partial charge in [0.2, 0.25) is 0 Å². The molecule has 2 N–H and O–H groups in total. The number of nitrogens with one attached hydrogen (secondary N) is 2. The van der Waals surface area contributed by atoms with Crippen molar-refractivity contribution in [2.75, 3.05) is 33.4 Å². The van der Waals surface area contributed by atoms with Gasteiger partial charge in [-0.15, -0.1) is 24.0 Å². The van der Waals surface area contributed by atoms with E-state index in [4.69, 9.17) is 14.5 Å². The minimum atomic E-state index is 0. The molecule has 1 aromatic rings. The van der Waals surface area contributed by atoms with Crippen LogP contribution in [0.25, 0.3) is 0 Å². The SMILES string of the molecule is CCOCCCNC(=NCc1ccc(OC)cc1)NCC1(CC)CC1.I. The van der Waals surface area contributed by atoms with Crippen molar-refractivity contribution in [2.24, 2.45) is 10.4 Å². The highest BCUT2D eigenvalue weighted by molar-refractivity contribution is 14.0. The van der Waals surface area contributed by atoms with Crippen LogP contribution in [0.15, 0.2) is 29.3 Å². The molecule has 0 saturated heterocycles. The van der Waals surface area contributed by atoms with Crippen LogP contribution in [-0.2, 0) is 11.3 Å².